The molecule has 3 aromatic heterocycles. The van der Waals surface area contributed by atoms with E-state index in [2.05, 4.69) is 4.98 Å². The molecular weight excluding hydrogens is 390 g/mol. The highest BCUT2D eigenvalue weighted by Gasteiger charge is 2.20. The molecule has 0 atom stereocenters. The van der Waals surface area contributed by atoms with Crippen molar-refractivity contribution < 1.29 is 14.6 Å². The normalized spacial score (nSPS) is 11.4. The monoisotopic (exact) mass is 411 g/mol. The van der Waals surface area contributed by atoms with Gasteiger partial charge in [-0.15, -0.1) is 11.3 Å². The van der Waals surface area contributed by atoms with Gasteiger partial charge in [0.2, 0.25) is 0 Å². The van der Waals surface area contributed by atoms with Crippen LogP contribution in [-0.4, -0.2) is 40.5 Å². The first-order valence-corrected chi connectivity index (χ1v) is 9.96. The Morgan fingerprint density at radius 3 is 2.59 bits per heavy atom. The van der Waals surface area contributed by atoms with Crippen LogP contribution in [0.25, 0.3) is 31.8 Å². The molecule has 0 saturated carbocycles. The average Bonchev–Trinajstić information content (AvgIpc) is 3.09. The van der Waals surface area contributed by atoms with E-state index in [1.54, 1.807) is 14.2 Å². The van der Waals surface area contributed by atoms with Crippen molar-refractivity contribution in [2.75, 3.05) is 20.8 Å². The molecule has 29 heavy (non-hydrogen) atoms. The summed E-state index contributed by atoms with van der Waals surface area (Å²) in [7, 11) is 3.24. The van der Waals surface area contributed by atoms with Crippen LogP contribution < -0.4 is 10.3 Å². The van der Waals surface area contributed by atoms with Gasteiger partial charge in [0.15, 0.2) is 0 Å². The van der Waals surface area contributed by atoms with Gasteiger partial charge in [-0.1, -0.05) is 0 Å². The average molecular weight is 411 g/mol. The largest absolute Gasteiger partial charge is 0.497 e. The highest BCUT2D eigenvalue weighted by Crippen LogP contribution is 2.34. The van der Waals surface area contributed by atoms with Gasteiger partial charge in [-0.2, -0.15) is 0 Å². The number of hydrogen-bond acceptors (Lipinski definition) is 7. The molecule has 0 aliphatic rings. The lowest BCUT2D eigenvalue weighted by Gasteiger charge is -2.12. The number of methoxy groups -OCH3 is 2. The predicted molar refractivity (Wildman–Crippen MR) is 114 cm³/mol. The third-order valence-electron chi connectivity index (χ3n) is 4.73. The summed E-state index contributed by atoms with van der Waals surface area (Å²) in [4.78, 5) is 23.5. The molecule has 0 bridgehead atoms. The van der Waals surface area contributed by atoms with Crippen molar-refractivity contribution in [1.29, 1.82) is 0 Å². The summed E-state index contributed by atoms with van der Waals surface area (Å²) in [6.45, 7) is 2.33. The number of thiophene rings is 1. The minimum atomic E-state index is -0.182. The molecule has 0 radical (unpaired) electrons. The number of rotatable bonds is 6. The summed E-state index contributed by atoms with van der Waals surface area (Å²) in [5.41, 5.74) is 3.02. The number of hydrogen-bond donors (Lipinski definition) is 1. The lowest BCUT2D eigenvalue weighted by Crippen LogP contribution is -2.24. The molecule has 0 saturated heterocycles. The number of fused-ring (bicyclic) bond motifs is 3. The summed E-state index contributed by atoms with van der Waals surface area (Å²) in [6.07, 6.45) is 0. The first-order valence-electron chi connectivity index (χ1n) is 9.15. The van der Waals surface area contributed by atoms with Crippen LogP contribution in [0.1, 0.15) is 11.3 Å². The predicted octanol–water partition coefficient (Wildman–Crippen LogP) is 3.13. The van der Waals surface area contributed by atoms with Crippen molar-refractivity contribution in [3.8, 4) is 17.1 Å². The van der Waals surface area contributed by atoms with Crippen LogP contribution in [0, 0.1) is 6.92 Å². The lowest BCUT2D eigenvalue weighted by molar-refractivity contribution is 0.186. The highest BCUT2D eigenvalue weighted by molar-refractivity contribution is 7.25. The van der Waals surface area contributed by atoms with E-state index >= 15 is 0 Å². The number of aromatic nitrogens is 3. The van der Waals surface area contributed by atoms with Crippen LogP contribution in [0.3, 0.4) is 0 Å². The zero-order valence-electron chi connectivity index (χ0n) is 16.4. The van der Waals surface area contributed by atoms with Crippen molar-refractivity contribution in [1.82, 2.24) is 14.5 Å². The summed E-state index contributed by atoms with van der Waals surface area (Å²) < 4.78 is 12.6. The first-order chi connectivity index (χ1) is 14.1. The fraction of sp³-hybridized carbons (Fsp3) is 0.286. The summed E-state index contributed by atoms with van der Waals surface area (Å²) >= 11 is 1.33. The number of aryl methyl sites for hydroxylation is 1. The molecule has 3 heterocycles. The first kappa shape index (κ1) is 19.5. The number of aliphatic hydroxyl groups excluding tert-OH is 1. The van der Waals surface area contributed by atoms with E-state index in [0.29, 0.717) is 28.4 Å². The smallest absolute Gasteiger partial charge is 0.271 e. The van der Waals surface area contributed by atoms with E-state index in [1.165, 1.54) is 15.9 Å². The Bertz CT molecular complexity index is 1250. The van der Waals surface area contributed by atoms with E-state index in [1.807, 2.05) is 37.3 Å². The Kier molecular flexibility index (Phi) is 5.31. The van der Waals surface area contributed by atoms with Crippen molar-refractivity contribution in [3.05, 3.63) is 51.9 Å². The van der Waals surface area contributed by atoms with E-state index < -0.39 is 0 Å². The molecule has 0 spiro atoms. The van der Waals surface area contributed by atoms with Crippen LogP contribution in [0.2, 0.25) is 0 Å². The Labute approximate surface area is 171 Å². The second kappa shape index (κ2) is 7.90. The maximum Gasteiger partial charge on any atom is 0.271 e. The van der Waals surface area contributed by atoms with Gasteiger partial charge in [0.25, 0.3) is 5.56 Å². The van der Waals surface area contributed by atoms with E-state index in [9.17, 15) is 9.90 Å². The Morgan fingerprint density at radius 2 is 1.93 bits per heavy atom. The summed E-state index contributed by atoms with van der Waals surface area (Å²) in [5.74, 6) is 1.22. The Morgan fingerprint density at radius 1 is 1.17 bits per heavy atom. The molecule has 0 unspecified atom stereocenters. The van der Waals surface area contributed by atoms with Crippen LogP contribution in [-0.2, 0) is 17.9 Å². The number of pyridine rings is 1. The molecule has 150 valence electrons. The molecule has 4 aromatic rings. The zero-order chi connectivity index (χ0) is 20.5. The van der Waals surface area contributed by atoms with Crippen molar-refractivity contribution in [2.45, 2.75) is 20.1 Å². The van der Waals surface area contributed by atoms with Gasteiger partial charge in [-0.3, -0.25) is 9.36 Å². The molecule has 4 rings (SSSR count). The van der Waals surface area contributed by atoms with Crippen molar-refractivity contribution >= 4 is 31.8 Å². The minimum absolute atomic E-state index is 0.159. The van der Waals surface area contributed by atoms with Gasteiger partial charge in [0.1, 0.15) is 21.1 Å². The maximum atomic E-state index is 13.3. The molecule has 1 aromatic carbocycles. The number of ether oxygens (including phenoxy) is 2. The van der Waals surface area contributed by atoms with Gasteiger partial charge in [0, 0.05) is 23.8 Å². The fourth-order valence-corrected chi connectivity index (χ4v) is 4.62. The number of benzene rings is 1. The Hall–Kier alpha value is -2.81. The van der Waals surface area contributed by atoms with Crippen LogP contribution in [0.5, 0.6) is 5.75 Å². The SMILES string of the molecule is COCc1cc(C)nc2sc3c(=O)n(CCO)c(-c4ccc(OC)cc4)nc3c12. The standard InChI is InChI=1S/C21H21N3O4S/c1-12-10-14(11-27-2)16-17-18(29-20(16)22-12)21(26)24(8-9-25)19(23-17)13-4-6-15(28-3)7-5-13/h4-7,10,25H,8-9,11H2,1-3H3. The van der Waals surface area contributed by atoms with Gasteiger partial charge in [-0.25, -0.2) is 9.97 Å². The fourth-order valence-electron chi connectivity index (χ4n) is 3.47. The third-order valence-corrected chi connectivity index (χ3v) is 5.79. The van der Waals surface area contributed by atoms with Crippen LogP contribution in [0.15, 0.2) is 35.1 Å². The van der Waals surface area contributed by atoms with Gasteiger partial charge >= 0.3 is 0 Å². The maximum absolute atomic E-state index is 13.3. The van der Waals surface area contributed by atoms with Crippen LogP contribution >= 0.6 is 11.3 Å². The molecular formula is C21H21N3O4S. The molecule has 0 aliphatic carbocycles. The number of aliphatic hydroxyl groups is 1. The lowest BCUT2D eigenvalue weighted by atomic mass is 10.1. The minimum Gasteiger partial charge on any atom is -0.497 e. The topological polar surface area (TPSA) is 86.5 Å². The van der Waals surface area contributed by atoms with Crippen molar-refractivity contribution in [3.63, 3.8) is 0 Å². The van der Waals surface area contributed by atoms with Crippen molar-refractivity contribution in [2.24, 2.45) is 0 Å². The van der Waals surface area contributed by atoms with E-state index in [4.69, 9.17) is 14.5 Å². The van der Waals surface area contributed by atoms with Gasteiger partial charge in [0.05, 0.1) is 32.4 Å². The van der Waals surface area contributed by atoms with E-state index in [-0.39, 0.29) is 18.7 Å². The second-order valence-corrected chi connectivity index (χ2v) is 7.66. The van der Waals surface area contributed by atoms with Crippen LogP contribution in [0.4, 0.5) is 0 Å². The summed E-state index contributed by atoms with van der Waals surface area (Å²) in [6, 6.07) is 9.32. The van der Waals surface area contributed by atoms with E-state index in [0.717, 1.165) is 27.0 Å². The number of nitrogens with zero attached hydrogens (tertiary/aromatic N) is 3. The van der Waals surface area contributed by atoms with Gasteiger partial charge in [-0.05, 0) is 42.8 Å². The molecule has 0 fully saturated rings. The molecule has 1 N–H and O–H groups in total. The van der Waals surface area contributed by atoms with Gasteiger partial charge < -0.3 is 14.6 Å². The molecule has 8 heteroatoms. The zero-order valence-corrected chi connectivity index (χ0v) is 17.2. The second-order valence-electron chi connectivity index (χ2n) is 6.66. The molecule has 0 amide bonds. The molecule has 7 nitrogen and oxygen atoms in total. The molecule has 0 aliphatic heterocycles. The Balaban J connectivity index is 2.07. The third kappa shape index (κ3) is 3.39. The quantitative estimate of drug-likeness (QED) is 0.525. The summed E-state index contributed by atoms with van der Waals surface area (Å²) in [5, 5.41) is 10.4. The highest BCUT2D eigenvalue weighted by atomic mass is 32.1.